The first-order valence-electron chi connectivity index (χ1n) is 10.1. The van der Waals surface area contributed by atoms with Crippen molar-refractivity contribution < 1.29 is 9.53 Å². The summed E-state index contributed by atoms with van der Waals surface area (Å²) in [4.78, 5) is 16.8. The third kappa shape index (κ3) is 5.24. The topological polar surface area (TPSA) is 32.8 Å². The predicted molar refractivity (Wildman–Crippen MR) is 118 cm³/mol. The van der Waals surface area contributed by atoms with Gasteiger partial charge in [-0.3, -0.25) is 9.69 Å². The van der Waals surface area contributed by atoms with Crippen LogP contribution < -0.4 is 4.74 Å². The van der Waals surface area contributed by atoms with Crippen LogP contribution in [0.1, 0.15) is 5.56 Å². The van der Waals surface area contributed by atoms with Crippen LogP contribution in [0.15, 0.2) is 78.9 Å². The van der Waals surface area contributed by atoms with Crippen molar-refractivity contribution in [3.8, 4) is 5.75 Å². The molecule has 1 fully saturated rings. The zero-order chi connectivity index (χ0) is 19.9. The number of carbonyl (C=O) groups is 1. The number of amides is 1. The number of ether oxygens (including phenoxy) is 1. The molecule has 1 aliphatic heterocycles. The lowest BCUT2D eigenvalue weighted by Crippen LogP contribution is -2.49. The van der Waals surface area contributed by atoms with Gasteiger partial charge in [0, 0.05) is 32.7 Å². The van der Waals surface area contributed by atoms with Gasteiger partial charge in [-0.15, -0.1) is 0 Å². The summed E-state index contributed by atoms with van der Waals surface area (Å²) in [5.41, 5.74) is 1.21. The van der Waals surface area contributed by atoms with Gasteiger partial charge in [0.15, 0.2) is 6.61 Å². The second-order valence-electron chi connectivity index (χ2n) is 7.29. The lowest BCUT2D eigenvalue weighted by atomic mass is 10.1. The highest BCUT2D eigenvalue weighted by atomic mass is 16.5. The molecule has 0 bridgehead atoms. The van der Waals surface area contributed by atoms with E-state index in [1.165, 1.54) is 10.9 Å². The molecule has 1 aliphatic rings. The molecule has 3 aromatic carbocycles. The number of nitrogens with zero attached hydrogens (tertiary/aromatic N) is 2. The van der Waals surface area contributed by atoms with Crippen LogP contribution in [-0.4, -0.2) is 55.0 Å². The first kappa shape index (κ1) is 19.2. The average Bonchev–Trinajstić information content (AvgIpc) is 2.78. The summed E-state index contributed by atoms with van der Waals surface area (Å²) in [6.45, 7) is 4.27. The van der Waals surface area contributed by atoms with E-state index in [2.05, 4.69) is 41.3 Å². The first-order valence-corrected chi connectivity index (χ1v) is 10.1. The maximum Gasteiger partial charge on any atom is 0.260 e. The van der Waals surface area contributed by atoms with Gasteiger partial charge in [0.1, 0.15) is 5.75 Å². The third-order valence-corrected chi connectivity index (χ3v) is 5.28. The molecule has 1 heterocycles. The van der Waals surface area contributed by atoms with Crippen LogP contribution in [0, 0.1) is 0 Å². The van der Waals surface area contributed by atoms with E-state index >= 15 is 0 Å². The highest BCUT2D eigenvalue weighted by Gasteiger charge is 2.20. The van der Waals surface area contributed by atoms with E-state index in [0.717, 1.165) is 43.9 Å². The smallest absolute Gasteiger partial charge is 0.260 e. The van der Waals surface area contributed by atoms with Crippen molar-refractivity contribution >= 4 is 22.8 Å². The quantitative estimate of drug-likeness (QED) is 0.640. The SMILES string of the molecule is O=C(COc1ccc2ccccc2c1)N1CCN(C/C=C/c2ccccc2)CC1. The molecular formula is C25H26N2O2. The molecule has 148 valence electrons. The average molecular weight is 386 g/mol. The van der Waals surface area contributed by atoms with Crippen molar-refractivity contribution in [2.24, 2.45) is 0 Å². The van der Waals surface area contributed by atoms with Gasteiger partial charge in [0.05, 0.1) is 0 Å². The van der Waals surface area contributed by atoms with Crippen LogP contribution in [-0.2, 0) is 4.79 Å². The molecule has 0 atom stereocenters. The number of rotatable bonds is 6. The van der Waals surface area contributed by atoms with Gasteiger partial charge < -0.3 is 9.64 Å². The Bertz CT molecular complexity index is 976. The largest absolute Gasteiger partial charge is 0.484 e. The Hall–Kier alpha value is -3.11. The van der Waals surface area contributed by atoms with Crippen LogP contribution in [0.2, 0.25) is 0 Å². The van der Waals surface area contributed by atoms with Gasteiger partial charge in [-0.25, -0.2) is 0 Å². The first-order chi connectivity index (χ1) is 14.3. The number of hydrogen-bond donors (Lipinski definition) is 0. The Kier molecular flexibility index (Phi) is 6.22. The number of hydrogen-bond acceptors (Lipinski definition) is 3. The van der Waals surface area contributed by atoms with Crippen LogP contribution in [0.3, 0.4) is 0 Å². The third-order valence-electron chi connectivity index (χ3n) is 5.28. The van der Waals surface area contributed by atoms with Gasteiger partial charge in [-0.2, -0.15) is 0 Å². The molecule has 0 aliphatic carbocycles. The summed E-state index contributed by atoms with van der Waals surface area (Å²) in [7, 11) is 0. The van der Waals surface area contributed by atoms with E-state index in [4.69, 9.17) is 4.74 Å². The number of fused-ring (bicyclic) bond motifs is 1. The summed E-state index contributed by atoms with van der Waals surface area (Å²) in [6.07, 6.45) is 4.34. The van der Waals surface area contributed by atoms with Gasteiger partial charge in [0.25, 0.3) is 5.91 Å². The van der Waals surface area contributed by atoms with Gasteiger partial charge >= 0.3 is 0 Å². The minimum absolute atomic E-state index is 0.0534. The van der Waals surface area contributed by atoms with Crippen LogP contribution in [0.4, 0.5) is 0 Å². The number of benzene rings is 3. The van der Waals surface area contributed by atoms with Crippen molar-refractivity contribution in [3.05, 3.63) is 84.4 Å². The summed E-state index contributed by atoms with van der Waals surface area (Å²) < 4.78 is 5.75. The van der Waals surface area contributed by atoms with E-state index < -0.39 is 0 Å². The molecule has 3 aromatic rings. The van der Waals surface area contributed by atoms with Crippen molar-refractivity contribution in [2.75, 3.05) is 39.3 Å². The normalized spacial score (nSPS) is 15.1. The second-order valence-corrected chi connectivity index (χ2v) is 7.29. The van der Waals surface area contributed by atoms with Crippen molar-refractivity contribution in [2.45, 2.75) is 0 Å². The molecule has 1 amide bonds. The second kappa shape index (κ2) is 9.39. The Morgan fingerprint density at radius 3 is 2.38 bits per heavy atom. The molecule has 0 aromatic heterocycles. The van der Waals surface area contributed by atoms with Crippen LogP contribution in [0.5, 0.6) is 5.75 Å². The van der Waals surface area contributed by atoms with E-state index in [9.17, 15) is 4.79 Å². The Balaban J connectivity index is 1.22. The fourth-order valence-electron chi connectivity index (χ4n) is 3.58. The molecule has 0 radical (unpaired) electrons. The maximum absolute atomic E-state index is 12.5. The molecule has 1 saturated heterocycles. The maximum atomic E-state index is 12.5. The molecule has 29 heavy (non-hydrogen) atoms. The molecule has 4 nitrogen and oxygen atoms in total. The summed E-state index contributed by atoms with van der Waals surface area (Å²) in [5, 5.41) is 2.29. The Morgan fingerprint density at radius 2 is 1.59 bits per heavy atom. The molecule has 0 spiro atoms. The predicted octanol–water partition coefficient (Wildman–Crippen LogP) is 4.08. The minimum Gasteiger partial charge on any atom is -0.484 e. The molecule has 0 saturated carbocycles. The van der Waals surface area contributed by atoms with Crippen molar-refractivity contribution in [1.29, 1.82) is 0 Å². The van der Waals surface area contributed by atoms with E-state index in [1.54, 1.807) is 0 Å². The van der Waals surface area contributed by atoms with Crippen LogP contribution in [0.25, 0.3) is 16.8 Å². The fourth-order valence-corrected chi connectivity index (χ4v) is 3.58. The fraction of sp³-hybridized carbons (Fsp3) is 0.240. The van der Waals surface area contributed by atoms with Crippen molar-refractivity contribution in [1.82, 2.24) is 9.80 Å². The van der Waals surface area contributed by atoms with Gasteiger partial charge in [-0.1, -0.05) is 72.8 Å². The Labute approximate surface area is 172 Å². The highest BCUT2D eigenvalue weighted by Crippen LogP contribution is 2.20. The highest BCUT2D eigenvalue weighted by molar-refractivity contribution is 5.84. The molecule has 4 rings (SSSR count). The number of piperazine rings is 1. The van der Waals surface area contributed by atoms with Gasteiger partial charge in [0.2, 0.25) is 0 Å². The zero-order valence-corrected chi connectivity index (χ0v) is 16.5. The standard InChI is InChI=1S/C25H26N2O2/c28-25(20-29-24-13-12-22-10-4-5-11-23(22)19-24)27-17-15-26(16-18-27)14-6-9-21-7-2-1-3-8-21/h1-13,19H,14-18,20H2/b9-6+. The minimum atomic E-state index is 0.0534. The molecule has 0 N–H and O–H groups in total. The van der Waals surface area contributed by atoms with Crippen LogP contribution >= 0.6 is 0 Å². The van der Waals surface area contributed by atoms with E-state index in [1.807, 2.05) is 53.4 Å². The summed E-state index contributed by atoms with van der Waals surface area (Å²) in [6, 6.07) is 24.4. The summed E-state index contributed by atoms with van der Waals surface area (Å²) >= 11 is 0. The van der Waals surface area contributed by atoms with E-state index in [0.29, 0.717) is 0 Å². The molecular weight excluding hydrogens is 360 g/mol. The lowest BCUT2D eigenvalue weighted by molar-refractivity contribution is -0.135. The van der Waals surface area contributed by atoms with Crippen molar-refractivity contribution in [3.63, 3.8) is 0 Å². The molecule has 4 heteroatoms. The lowest BCUT2D eigenvalue weighted by Gasteiger charge is -2.34. The zero-order valence-electron chi connectivity index (χ0n) is 16.5. The number of carbonyl (C=O) groups excluding carboxylic acids is 1. The molecule has 0 unspecified atom stereocenters. The van der Waals surface area contributed by atoms with E-state index in [-0.39, 0.29) is 12.5 Å². The summed E-state index contributed by atoms with van der Waals surface area (Å²) in [5.74, 6) is 0.791. The van der Waals surface area contributed by atoms with Gasteiger partial charge in [-0.05, 0) is 28.5 Å². The Morgan fingerprint density at radius 1 is 0.862 bits per heavy atom. The monoisotopic (exact) mass is 386 g/mol.